The molecule has 1 aromatic heterocycles. The van der Waals surface area contributed by atoms with Gasteiger partial charge in [-0.05, 0) is 56.0 Å². The molecule has 2 heterocycles. The molecule has 0 saturated carbocycles. The summed E-state index contributed by atoms with van der Waals surface area (Å²) in [6.07, 6.45) is 4.10. The molecule has 1 aromatic carbocycles. The van der Waals surface area contributed by atoms with Crippen molar-refractivity contribution < 1.29 is 23.7 Å². The molecule has 0 radical (unpaired) electrons. The van der Waals surface area contributed by atoms with Crippen LogP contribution in [0.3, 0.4) is 0 Å². The van der Waals surface area contributed by atoms with Crippen molar-refractivity contribution in [3.63, 3.8) is 0 Å². The minimum absolute atomic E-state index is 0.00119. The van der Waals surface area contributed by atoms with Crippen molar-refractivity contribution in [2.75, 3.05) is 27.4 Å². The Morgan fingerprint density at radius 3 is 2.67 bits per heavy atom. The fraction of sp³-hybridized carbons (Fsp3) is 0.417. The lowest BCUT2D eigenvalue weighted by atomic mass is 9.85. The summed E-state index contributed by atoms with van der Waals surface area (Å²) < 4.78 is 22.6. The molecule has 1 unspecified atom stereocenters. The zero-order valence-electron chi connectivity index (χ0n) is 18.0. The van der Waals surface area contributed by atoms with Crippen LogP contribution < -0.4 is 9.47 Å². The van der Waals surface area contributed by atoms with Crippen LogP contribution in [0.25, 0.3) is 0 Å². The Labute approximate surface area is 177 Å². The molecule has 3 rings (SSSR count). The largest absolute Gasteiger partial charge is 0.493 e. The Kier molecular flexibility index (Phi) is 7.46. The number of esters is 1. The third-order valence-electron chi connectivity index (χ3n) is 5.58. The van der Waals surface area contributed by atoms with E-state index in [4.69, 9.17) is 18.9 Å². The molecular weight excluding hydrogens is 382 g/mol. The van der Waals surface area contributed by atoms with Crippen LogP contribution in [0.1, 0.15) is 31.2 Å². The zero-order valence-corrected chi connectivity index (χ0v) is 18.0. The SMILES string of the molecule is C/C=C(/C)C(=O)OC[C@@H]1C(c2ccc(OC)c(OC)c2)OC[C@@H]1Cc1ccccn1. The van der Waals surface area contributed by atoms with Crippen LogP contribution >= 0.6 is 0 Å². The van der Waals surface area contributed by atoms with E-state index in [2.05, 4.69) is 4.98 Å². The number of allylic oxidation sites excluding steroid dienone is 1. The number of hydrogen-bond acceptors (Lipinski definition) is 6. The van der Waals surface area contributed by atoms with Crippen LogP contribution in [-0.4, -0.2) is 38.4 Å². The number of pyridine rings is 1. The first-order valence-corrected chi connectivity index (χ1v) is 10.1. The second-order valence-corrected chi connectivity index (χ2v) is 7.39. The molecule has 0 N–H and O–H groups in total. The molecule has 3 atom stereocenters. The molecule has 6 heteroatoms. The summed E-state index contributed by atoms with van der Waals surface area (Å²) in [6.45, 7) is 4.43. The van der Waals surface area contributed by atoms with Gasteiger partial charge in [0.1, 0.15) is 0 Å². The highest BCUT2D eigenvalue weighted by Gasteiger charge is 2.39. The van der Waals surface area contributed by atoms with Crippen LogP contribution in [0.4, 0.5) is 0 Å². The zero-order chi connectivity index (χ0) is 21.5. The highest BCUT2D eigenvalue weighted by atomic mass is 16.5. The summed E-state index contributed by atoms with van der Waals surface area (Å²) in [5.74, 6) is 1.19. The topological polar surface area (TPSA) is 66.9 Å². The predicted octanol–water partition coefficient (Wildman–Crippen LogP) is 4.15. The van der Waals surface area contributed by atoms with Gasteiger partial charge in [0, 0.05) is 23.4 Å². The van der Waals surface area contributed by atoms with Gasteiger partial charge in [-0.2, -0.15) is 0 Å². The molecule has 1 saturated heterocycles. The van der Waals surface area contributed by atoms with Gasteiger partial charge >= 0.3 is 5.97 Å². The van der Waals surface area contributed by atoms with Crippen LogP contribution in [0.15, 0.2) is 54.2 Å². The van der Waals surface area contributed by atoms with Gasteiger partial charge in [0.05, 0.1) is 33.5 Å². The molecule has 160 valence electrons. The molecule has 0 aliphatic carbocycles. The van der Waals surface area contributed by atoms with Gasteiger partial charge in [0.25, 0.3) is 0 Å². The van der Waals surface area contributed by atoms with E-state index in [0.29, 0.717) is 23.7 Å². The molecule has 0 bridgehead atoms. The second kappa shape index (κ2) is 10.3. The number of rotatable bonds is 8. The maximum atomic E-state index is 12.2. The Hall–Kier alpha value is -2.86. The molecule has 0 amide bonds. The fourth-order valence-electron chi connectivity index (χ4n) is 3.72. The van der Waals surface area contributed by atoms with Gasteiger partial charge in [0.15, 0.2) is 11.5 Å². The van der Waals surface area contributed by atoms with E-state index in [-0.39, 0.29) is 30.5 Å². The van der Waals surface area contributed by atoms with Crippen molar-refractivity contribution in [1.29, 1.82) is 0 Å². The maximum Gasteiger partial charge on any atom is 0.333 e. The van der Waals surface area contributed by atoms with Crippen LogP contribution in [-0.2, 0) is 20.7 Å². The molecule has 0 spiro atoms. The third kappa shape index (κ3) is 5.00. The number of hydrogen-bond donors (Lipinski definition) is 0. The lowest BCUT2D eigenvalue weighted by Crippen LogP contribution is -2.25. The van der Waals surface area contributed by atoms with Crippen molar-refractivity contribution in [1.82, 2.24) is 4.98 Å². The summed E-state index contributed by atoms with van der Waals surface area (Å²) in [7, 11) is 3.22. The monoisotopic (exact) mass is 411 g/mol. The van der Waals surface area contributed by atoms with Crippen molar-refractivity contribution in [2.24, 2.45) is 11.8 Å². The van der Waals surface area contributed by atoms with E-state index < -0.39 is 0 Å². The summed E-state index contributed by atoms with van der Waals surface area (Å²) >= 11 is 0. The van der Waals surface area contributed by atoms with E-state index in [9.17, 15) is 4.79 Å². The number of aromatic nitrogens is 1. The Bertz CT molecular complexity index is 880. The van der Waals surface area contributed by atoms with Gasteiger partial charge in [0.2, 0.25) is 0 Å². The summed E-state index contributed by atoms with van der Waals surface area (Å²) in [4.78, 5) is 16.7. The van der Waals surface area contributed by atoms with E-state index in [1.807, 2.05) is 43.3 Å². The lowest BCUT2D eigenvalue weighted by Gasteiger charge is -2.23. The lowest BCUT2D eigenvalue weighted by molar-refractivity contribution is -0.141. The molecule has 1 aliphatic rings. The number of carbonyl (C=O) groups excluding carboxylic acids is 1. The molecular formula is C24H29NO5. The van der Waals surface area contributed by atoms with Crippen molar-refractivity contribution in [3.8, 4) is 11.5 Å². The van der Waals surface area contributed by atoms with Gasteiger partial charge < -0.3 is 18.9 Å². The maximum absolute atomic E-state index is 12.2. The summed E-state index contributed by atoms with van der Waals surface area (Å²) in [5.41, 5.74) is 2.57. The number of ether oxygens (including phenoxy) is 4. The van der Waals surface area contributed by atoms with Gasteiger partial charge in [-0.25, -0.2) is 4.79 Å². The highest BCUT2D eigenvalue weighted by Crippen LogP contribution is 2.42. The van der Waals surface area contributed by atoms with E-state index in [1.165, 1.54) is 0 Å². The molecule has 2 aromatic rings. The van der Waals surface area contributed by atoms with Crippen LogP contribution in [0.2, 0.25) is 0 Å². The molecule has 6 nitrogen and oxygen atoms in total. The van der Waals surface area contributed by atoms with Crippen LogP contribution in [0, 0.1) is 11.8 Å². The summed E-state index contributed by atoms with van der Waals surface area (Å²) in [5, 5.41) is 0. The number of methoxy groups -OCH3 is 2. The summed E-state index contributed by atoms with van der Waals surface area (Å²) in [6, 6.07) is 11.7. The number of nitrogens with zero attached hydrogens (tertiary/aromatic N) is 1. The van der Waals surface area contributed by atoms with Gasteiger partial charge in [-0.3, -0.25) is 4.98 Å². The second-order valence-electron chi connectivity index (χ2n) is 7.39. The normalized spacial score (nSPS) is 21.3. The third-order valence-corrected chi connectivity index (χ3v) is 5.58. The molecule has 1 fully saturated rings. The Morgan fingerprint density at radius 2 is 2.00 bits per heavy atom. The number of carbonyl (C=O) groups is 1. The molecule has 30 heavy (non-hydrogen) atoms. The first-order valence-electron chi connectivity index (χ1n) is 10.1. The highest BCUT2D eigenvalue weighted by molar-refractivity contribution is 5.87. The molecule has 1 aliphatic heterocycles. The minimum atomic E-state index is -0.299. The average molecular weight is 411 g/mol. The van der Waals surface area contributed by atoms with E-state index in [1.54, 1.807) is 33.4 Å². The number of benzene rings is 1. The Morgan fingerprint density at radius 1 is 1.20 bits per heavy atom. The first-order chi connectivity index (χ1) is 14.6. The predicted molar refractivity (Wildman–Crippen MR) is 114 cm³/mol. The van der Waals surface area contributed by atoms with Gasteiger partial charge in [-0.15, -0.1) is 0 Å². The van der Waals surface area contributed by atoms with Crippen molar-refractivity contribution in [3.05, 3.63) is 65.5 Å². The van der Waals surface area contributed by atoms with Crippen LogP contribution in [0.5, 0.6) is 11.5 Å². The smallest absolute Gasteiger partial charge is 0.333 e. The van der Waals surface area contributed by atoms with Crippen molar-refractivity contribution >= 4 is 5.97 Å². The van der Waals surface area contributed by atoms with Gasteiger partial charge in [-0.1, -0.05) is 18.2 Å². The first kappa shape index (κ1) is 21.8. The average Bonchev–Trinajstić information content (AvgIpc) is 3.19. The van der Waals surface area contributed by atoms with E-state index in [0.717, 1.165) is 17.7 Å². The van der Waals surface area contributed by atoms with E-state index >= 15 is 0 Å². The Balaban J connectivity index is 1.84. The van der Waals surface area contributed by atoms with Crippen molar-refractivity contribution in [2.45, 2.75) is 26.4 Å². The minimum Gasteiger partial charge on any atom is -0.493 e. The fourth-order valence-corrected chi connectivity index (χ4v) is 3.72. The quantitative estimate of drug-likeness (QED) is 0.480. The standard InChI is InChI=1S/C24H29NO5/c1-5-16(2)24(26)30-15-20-18(12-19-8-6-7-11-25-19)14-29-23(20)17-9-10-21(27-3)22(13-17)28-4/h5-11,13,18,20,23H,12,14-15H2,1-4H3/b16-5-/t18-,20-,23?/m0/s1.